The molecule has 0 spiro atoms. The number of carbonyl (C=O) groups excluding carboxylic acids is 4. The van der Waals surface area contributed by atoms with Crippen molar-refractivity contribution < 1.29 is 42.9 Å². The molecule has 0 aliphatic heterocycles. The number of hydrogen-bond acceptors (Lipinski definition) is 9. The van der Waals surface area contributed by atoms with Gasteiger partial charge in [-0.2, -0.15) is 0 Å². The van der Waals surface area contributed by atoms with E-state index >= 15 is 0 Å². The first-order chi connectivity index (χ1) is 30.2. The molecule has 9 heteroatoms. The van der Waals surface area contributed by atoms with Crippen LogP contribution in [0.25, 0.3) is 43.1 Å². The average Bonchev–Trinajstić information content (AvgIpc) is 3.26. The number of esters is 4. The number of hydrogen-bond donors (Lipinski definition) is 0. The third-order valence-corrected chi connectivity index (χ3v) is 11.2. The highest BCUT2D eigenvalue weighted by atomic mass is 16.6. The van der Waals surface area contributed by atoms with Gasteiger partial charge in [0.25, 0.3) is 0 Å². The van der Waals surface area contributed by atoms with Crippen molar-refractivity contribution in [3.63, 3.8) is 0 Å². The first-order valence-electron chi connectivity index (χ1n) is 21.1. The van der Waals surface area contributed by atoms with Crippen molar-refractivity contribution in [3.05, 3.63) is 157 Å². The second-order valence-electron chi connectivity index (χ2n) is 16.0. The fourth-order valence-electron chi connectivity index (χ4n) is 8.59. The first-order valence-corrected chi connectivity index (χ1v) is 21.1. The summed E-state index contributed by atoms with van der Waals surface area (Å²) in [4.78, 5) is 49.8. The summed E-state index contributed by atoms with van der Waals surface area (Å²) in [5.74, 6) is -0.877. The lowest BCUT2D eigenvalue weighted by Crippen LogP contribution is -2.18. The van der Waals surface area contributed by atoms with Crippen molar-refractivity contribution in [2.75, 3.05) is 0 Å². The van der Waals surface area contributed by atoms with Crippen LogP contribution in [0.5, 0.6) is 11.5 Å². The Bertz CT molecular complexity index is 2620. The molecule has 0 saturated carbocycles. The molecular weight excluding hydrogens is 793 g/mol. The maximum Gasteiger partial charge on any atom is 0.330 e. The Kier molecular flexibility index (Phi) is 14.3. The molecule has 0 aliphatic rings. The highest BCUT2D eigenvalue weighted by Gasteiger charge is 2.27. The van der Waals surface area contributed by atoms with Crippen LogP contribution in [0, 0.1) is 13.8 Å². The summed E-state index contributed by atoms with van der Waals surface area (Å²) in [7, 11) is 0. The van der Waals surface area contributed by atoms with E-state index < -0.39 is 48.3 Å². The largest absolute Gasteiger partial charge is 0.459 e. The molecule has 0 aliphatic carbocycles. The Morgan fingerprint density at radius 3 is 0.984 bits per heavy atom. The molecule has 9 nitrogen and oxygen atoms in total. The van der Waals surface area contributed by atoms with Crippen molar-refractivity contribution in [1.82, 2.24) is 0 Å². The topological polar surface area (TPSA) is 114 Å². The molecule has 6 aromatic rings. The van der Waals surface area contributed by atoms with Gasteiger partial charge in [-0.25, -0.2) is 19.2 Å². The second-order valence-corrected chi connectivity index (χ2v) is 16.0. The molecule has 0 fully saturated rings. The molecule has 63 heavy (non-hydrogen) atoms. The van der Waals surface area contributed by atoms with E-state index in [2.05, 4.69) is 50.6 Å². The lowest BCUT2D eigenvalue weighted by atomic mass is 9.85. The number of benzene rings is 6. The fraction of sp³-hybridized carbons (Fsp3) is 0.259. The van der Waals surface area contributed by atoms with Crippen molar-refractivity contribution >= 4 is 67.0 Å². The van der Waals surface area contributed by atoms with Gasteiger partial charge < -0.3 is 23.7 Å². The summed E-state index contributed by atoms with van der Waals surface area (Å²) in [5, 5.41) is 7.22. The maximum absolute atomic E-state index is 12.5. The lowest BCUT2D eigenvalue weighted by molar-refractivity contribution is -0.143. The van der Waals surface area contributed by atoms with Crippen LogP contribution in [0.4, 0.5) is 0 Å². The molecule has 4 unspecified atom stereocenters. The zero-order valence-corrected chi connectivity index (χ0v) is 36.9. The Balaban J connectivity index is 1.70. The SMILES string of the molecule is C=CC(=O)OC(C)Cc1c2ccccc2c(CC(C)OC(=O)C=C)c2c(Oc3c(C)ccc4c(CC(C)OC(=O)C=C)c5ccccc5c(CC(C)OC(=O)C=C)c34)c(C)ccc12. The van der Waals surface area contributed by atoms with Crippen molar-refractivity contribution in [2.24, 2.45) is 0 Å². The molecule has 6 aromatic carbocycles. The molecule has 0 aromatic heterocycles. The van der Waals surface area contributed by atoms with Gasteiger partial charge in [0.05, 0.1) is 0 Å². The Morgan fingerprint density at radius 1 is 0.429 bits per heavy atom. The van der Waals surface area contributed by atoms with Crippen LogP contribution in [0.3, 0.4) is 0 Å². The van der Waals surface area contributed by atoms with Gasteiger partial charge in [-0.3, -0.25) is 0 Å². The molecule has 4 atom stereocenters. The number of carbonyl (C=O) groups is 4. The van der Waals surface area contributed by atoms with Gasteiger partial charge >= 0.3 is 23.9 Å². The molecule has 6 rings (SSSR count). The van der Waals surface area contributed by atoms with E-state index in [-0.39, 0.29) is 0 Å². The summed E-state index contributed by atoms with van der Waals surface area (Å²) in [5.41, 5.74) is 5.44. The smallest absolute Gasteiger partial charge is 0.330 e. The Hall–Kier alpha value is -7.00. The number of rotatable bonds is 18. The van der Waals surface area contributed by atoms with Gasteiger partial charge in [0.1, 0.15) is 35.9 Å². The monoisotopic (exact) mass is 846 g/mol. The number of aryl methyl sites for hydroxylation is 2. The van der Waals surface area contributed by atoms with Gasteiger partial charge in [0.15, 0.2) is 0 Å². The third-order valence-electron chi connectivity index (χ3n) is 11.2. The van der Waals surface area contributed by atoms with Crippen LogP contribution in [-0.2, 0) is 63.8 Å². The minimum Gasteiger partial charge on any atom is -0.459 e. The molecule has 324 valence electrons. The zero-order valence-electron chi connectivity index (χ0n) is 36.9. The molecule has 0 heterocycles. The van der Waals surface area contributed by atoms with Gasteiger partial charge in [-0.05, 0) is 107 Å². The van der Waals surface area contributed by atoms with Crippen LogP contribution in [0.15, 0.2) is 123 Å². The standard InChI is InChI=1S/C54H54O9/c1-11-47(55)59-33(7)27-43-37-19-15-17-21-39(37)45(29-35(9)61-49(57)13-3)51-41(43)25-23-31(5)53(51)63-54-32(6)24-26-42-44(28-34(8)60-48(56)12-2)38-20-16-18-22-40(38)46(52(42)54)30-36(10)62-50(58)14-4/h11-26,33-36H,1-4,27-30H2,5-10H3. The van der Waals surface area contributed by atoms with E-state index in [1.54, 1.807) is 0 Å². The first kappa shape index (κ1) is 45.5. The van der Waals surface area contributed by atoms with Gasteiger partial charge in [0, 0.05) is 60.8 Å². The maximum atomic E-state index is 12.5. The summed E-state index contributed by atoms with van der Waals surface area (Å²) in [6, 6.07) is 24.3. The van der Waals surface area contributed by atoms with Crippen molar-refractivity contribution in [1.29, 1.82) is 0 Å². The van der Waals surface area contributed by atoms with Crippen molar-refractivity contribution in [2.45, 2.75) is 91.6 Å². The molecule has 0 N–H and O–H groups in total. The Labute approximate surface area is 368 Å². The normalized spacial score (nSPS) is 13.1. The molecule has 0 radical (unpaired) electrons. The van der Waals surface area contributed by atoms with E-state index in [4.69, 9.17) is 23.7 Å². The number of ether oxygens (including phenoxy) is 5. The van der Waals surface area contributed by atoms with Crippen molar-refractivity contribution in [3.8, 4) is 11.5 Å². The molecule has 0 saturated heterocycles. The highest BCUT2D eigenvalue weighted by molar-refractivity contribution is 6.11. The molecule has 0 amide bonds. The summed E-state index contributed by atoms with van der Waals surface area (Å²) >= 11 is 0. The predicted molar refractivity (Wildman–Crippen MR) is 250 cm³/mol. The zero-order chi connectivity index (χ0) is 45.5. The van der Waals surface area contributed by atoms with Crippen LogP contribution >= 0.6 is 0 Å². The van der Waals surface area contributed by atoms with E-state index in [1.807, 2.05) is 90.1 Å². The fourth-order valence-corrected chi connectivity index (χ4v) is 8.59. The number of fused-ring (bicyclic) bond motifs is 4. The second kappa shape index (κ2) is 19.8. The van der Waals surface area contributed by atoms with E-state index in [9.17, 15) is 19.2 Å². The molecular formula is C54H54O9. The predicted octanol–water partition coefficient (Wildman–Crippen LogP) is 11.3. The molecule has 0 bridgehead atoms. The lowest BCUT2D eigenvalue weighted by Gasteiger charge is -2.26. The minimum absolute atomic E-state index is 0.347. The van der Waals surface area contributed by atoms with Gasteiger partial charge in [-0.15, -0.1) is 0 Å². The van der Waals surface area contributed by atoms with Crippen LogP contribution in [-0.4, -0.2) is 48.3 Å². The van der Waals surface area contributed by atoms with E-state index in [0.717, 1.165) is 101 Å². The van der Waals surface area contributed by atoms with Crippen LogP contribution in [0.1, 0.15) is 61.1 Å². The summed E-state index contributed by atoms with van der Waals surface area (Å²) < 4.78 is 30.4. The summed E-state index contributed by atoms with van der Waals surface area (Å²) in [6.07, 6.45) is 4.04. The minimum atomic E-state index is -0.537. The van der Waals surface area contributed by atoms with Gasteiger partial charge in [0.2, 0.25) is 0 Å². The highest BCUT2D eigenvalue weighted by Crippen LogP contribution is 2.47. The Morgan fingerprint density at radius 2 is 0.698 bits per heavy atom. The third kappa shape index (κ3) is 9.89. The quantitative estimate of drug-likeness (QED) is 0.0361. The summed E-state index contributed by atoms with van der Waals surface area (Å²) in [6.45, 7) is 25.8. The van der Waals surface area contributed by atoms with E-state index in [0.29, 0.717) is 37.2 Å². The van der Waals surface area contributed by atoms with Crippen LogP contribution in [0.2, 0.25) is 0 Å². The van der Waals surface area contributed by atoms with Crippen LogP contribution < -0.4 is 4.74 Å². The van der Waals surface area contributed by atoms with E-state index in [1.165, 1.54) is 0 Å². The average molecular weight is 847 g/mol. The van der Waals surface area contributed by atoms with Gasteiger partial charge in [-0.1, -0.05) is 99.1 Å².